The number of rotatable bonds is 6. The number of esters is 1. The Morgan fingerprint density at radius 3 is 2.54 bits per heavy atom. The maximum absolute atomic E-state index is 12.2. The highest BCUT2D eigenvalue weighted by molar-refractivity contribution is 5.73. The molecule has 208 valence electrons. The third kappa shape index (κ3) is 7.62. The minimum Gasteiger partial charge on any atom is -0.475 e. The van der Waals surface area contributed by atoms with Crippen molar-refractivity contribution in [1.82, 2.24) is 5.32 Å². The van der Waals surface area contributed by atoms with Crippen LogP contribution in [0.3, 0.4) is 0 Å². The summed E-state index contributed by atoms with van der Waals surface area (Å²) in [5.74, 6) is -1.02. The van der Waals surface area contributed by atoms with Crippen LogP contribution in [-0.4, -0.2) is 42.6 Å². The van der Waals surface area contributed by atoms with E-state index in [1.165, 1.54) is 43.2 Å². The Labute approximate surface area is 217 Å². The molecule has 1 aliphatic heterocycles. The first-order valence-electron chi connectivity index (χ1n) is 13.2. The van der Waals surface area contributed by atoms with Gasteiger partial charge in [0.2, 0.25) is 6.79 Å². The Kier molecular flexibility index (Phi) is 9.19. The molecule has 1 unspecified atom stereocenters. The highest BCUT2D eigenvalue weighted by atomic mass is 19.4. The lowest BCUT2D eigenvalue weighted by atomic mass is 9.53. The molecular weight excluding hydrogens is 487 g/mol. The summed E-state index contributed by atoms with van der Waals surface area (Å²) in [6.07, 6.45) is 4.06. The molecular formula is C28H40F3NO5. The van der Waals surface area contributed by atoms with Crippen molar-refractivity contribution in [2.75, 3.05) is 13.3 Å². The van der Waals surface area contributed by atoms with Gasteiger partial charge in [-0.05, 0) is 79.2 Å². The number of alkyl halides is 3. The number of piperidine rings is 1. The van der Waals surface area contributed by atoms with Gasteiger partial charge in [0.25, 0.3) is 0 Å². The van der Waals surface area contributed by atoms with E-state index >= 15 is 0 Å². The van der Waals surface area contributed by atoms with Crippen LogP contribution in [0, 0.1) is 17.3 Å². The molecule has 6 nitrogen and oxygen atoms in total. The fourth-order valence-corrected chi connectivity index (χ4v) is 6.62. The molecule has 2 fully saturated rings. The zero-order valence-corrected chi connectivity index (χ0v) is 22.2. The third-order valence-corrected chi connectivity index (χ3v) is 7.78. The van der Waals surface area contributed by atoms with Crippen LogP contribution in [0.4, 0.5) is 13.2 Å². The minimum absolute atomic E-state index is 0.000463. The predicted molar refractivity (Wildman–Crippen MR) is 133 cm³/mol. The van der Waals surface area contributed by atoms with Crippen LogP contribution in [0.1, 0.15) is 83.8 Å². The van der Waals surface area contributed by atoms with Crippen LogP contribution in [0.15, 0.2) is 18.2 Å². The molecule has 0 amide bonds. The molecule has 2 N–H and O–H groups in total. The van der Waals surface area contributed by atoms with Gasteiger partial charge in [0.15, 0.2) is 0 Å². The monoisotopic (exact) mass is 527 g/mol. The quantitative estimate of drug-likeness (QED) is 0.348. The van der Waals surface area contributed by atoms with Gasteiger partial charge in [-0.15, -0.1) is 0 Å². The number of benzene rings is 1. The largest absolute Gasteiger partial charge is 0.490 e. The number of carbonyl (C=O) groups excluding carboxylic acids is 1. The molecule has 0 radical (unpaired) electrons. The Morgan fingerprint density at radius 1 is 1.19 bits per heavy atom. The first-order valence-corrected chi connectivity index (χ1v) is 13.2. The van der Waals surface area contributed by atoms with Crippen LogP contribution in [-0.2, 0) is 26.2 Å². The molecule has 1 aromatic rings. The number of aliphatic carboxylic acids is 1. The standard InChI is InChI=1S/C26H39NO3.C2HF3O2/c1-18(16-25(2,3)4)13-24(28)30-17-29-20-9-8-19-14-23-21-7-5-6-10-26(21,11-12-27-23)22(19)15-20;3-2(4,5)1(6)7/h8-9,15,18,21,23,27H,5-7,10-14,16-17H2,1-4H3;(H,6,7)/t18?,21-,23-,26+;/m1./s1. The smallest absolute Gasteiger partial charge is 0.475 e. The van der Waals surface area contributed by atoms with Gasteiger partial charge < -0.3 is 19.9 Å². The van der Waals surface area contributed by atoms with Crippen molar-refractivity contribution in [2.45, 2.75) is 96.7 Å². The van der Waals surface area contributed by atoms with Gasteiger partial charge in [0, 0.05) is 17.9 Å². The highest BCUT2D eigenvalue weighted by Gasteiger charge is 2.51. The van der Waals surface area contributed by atoms with Crippen molar-refractivity contribution in [3.05, 3.63) is 29.3 Å². The number of fused-ring (bicyclic) bond motifs is 1. The van der Waals surface area contributed by atoms with Gasteiger partial charge in [0.1, 0.15) is 5.75 Å². The maximum atomic E-state index is 12.2. The lowest BCUT2D eigenvalue weighted by Crippen LogP contribution is -2.59. The zero-order chi connectivity index (χ0) is 27.4. The van der Waals surface area contributed by atoms with Crippen LogP contribution in [0.5, 0.6) is 5.75 Å². The second kappa shape index (κ2) is 11.6. The van der Waals surface area contributed by atoms with Gasteiger partial charge in [-0.25, -0.2) is 4.79 Å². The van der Waals surface area contributed by atoms with Crippen LogP contribution in [0.25, 0.3) is 0 Å². The van der Waals surface area contributed by atoms with Crippen LogP contribution in [0.2, 0.25) is 0 Å². The second-order valence-corrected chi connectivity index (χ2v) is 12.0. The van der Waals surface area contributed by atoms with E-state index in [1.807, 2.05) is 6.07 Å². The molecule has 1 heterocycles. The van der Waals surface area contributed by atoms with E-state index < -0.39 is 12.1 Å². The lowest BCUT2D eigenvalue weighted by molar-refractivity contribution is -0.192. The Morgan fingerprint density at radius 2 is 1.89 bits per heavy atom. The fraction of sp³-hybridized carbons (Fsp3) is 0.714. The summed E-state index contributed by atoms with van der Waals surface area (Å²) < 4.78 is 43.0. The van der Waals surface area contributed by atoms with Gasteiger partial charge in [-0.1, -0.05) is 46.6 Å². The normalized spacial score (nSPS) is 25.5. The summed E-state index contributed by atoms with van der Waals surface area (Å²) in [5.41, 5.74) is 3.53. The van der Waals surface area contributed by atoms with Crippen molar-refractivity contribution < 1.29 is 37.3 Å². The van der Waals surface area contributed by atoms with E-state index in [0.717, 1.165) is 31.1 Å². The van der Waals surface area contributed by atoms with Gasteiger partial charge in [-0.2, -0.15) is 13.2 Å². The molecule has 37 heavy (non-hydrogen) atoms. The van der Waals surface area contributed by atoms with Gasteiger partial charge >= 0.3 is 18.1 Å². The lowest BCUT2D eigenvalue weighted by Gasteiger charge is -2.56. The van der Waals surface area contributed by atoms with Crippen molar-refractivity contribution in [2.24, 2.45) is 17.3 Å². The summed E-state index contributed by atoms with van der Waals surface area (Å²) in [6, 6.07) is 7.18. The summed E-state index contributed by atoms with van der Waals surface area (Å²) in [5, 5.41) is 10.9. The summed E-state index contributed by atoms with van der Waals surface area (Å²) >= 11 is 0. The number of hydrogen-bond donors (Lipinski definition) is 2. The van der Waals surface area contributed by atoms with E-state index in [9.17, 15) is 18.0 Å². The molecule has 2 bridgehead atoms. The molecule has 2 aliphatic carbocycles. The Balaban J connectivity index is 0.000000479. The van der Waals surface area contributed by atoms with Crippen LogP contribution < -0.4 is 10.1 Å². The summed E-state index contributed by atoms with van der Waals surface area (Å²) in [7, 11) is 0. The predicted octanol–water partition coefficient (Wildman–Crippen LogP) is 6.01. The van der Waals surface area contributed by atoms with E-state index in [4.69, 9.17) is 19.4 Å². The van der Waals surface area contributed by atoms with Gasteiger partial charge in [0.05, 0.1) is 0 Å². The first kappa shape index (κ1) is 29.3. The molecule has 4 atom stereocenters. The van der Waals surface area contributed by atoms with E-state index in [2.05, 4.69) is 45.1 Å². The van der Waals surface area contributed by atoms with Crippen molar-refractivity contribution in [3.63, 3.8) is 0 Å². The van der Waals surface area contributed by atoms with E-state index in [0.29, 0.717) is 23.8 Å². The van der Waals surface area contributed by atoms with Gasteiger partial charge in [-0.3, -0.25) is 4.79 Å². The number of carbonyl (C=O) groups is 2. The third-order valence-electron chi connectivity index (χ3n) is 7.78. The molecule has 0 aromatic heterocycles. The molecule has 1 saturated carbocycles. The number of nitrogens with one attached hydrogen (secondary N) is 1. The second-order valence-electron chi connectivity index (χ2n) is 12.0. The Bertz CT molecular complexity index is 954. The number of hydrogen-bond acceptors (Lipinski definition) is 5. The average Bonchev–Trinajstić information content (AvgIpc) is 2.78. The fourth-order valence-electron chi connectivity index (χ4n) is 6.62. The molecule has 3 aliphatic rings. The first-order chi connectivity index (χ1) is 17.2. The number of halogens is 3. The summed E-state index contributed by atoms with van der Waals surface area (Å²) in [4.78, 5) is 21.1. The van der Waals surface area contributed by atoms with E-state index in [-0.39, 0.29) is 18.2 Å². The van der Waals surface area contributed by atoms with Crippen LogP contribution >= 0.6 is 0 Å². The van der Waals surface area contributed by atoms with Crippen molar-refractivity contribution in [3.8, 4) is 5.75 Å². The number of carboxylic acid groups (broad SMARTS) is 1. The maximum Gasteiger partial charge on any atom is 0.490 e. The Hall–Kier alpha value is -2.29. The molecule has 1 aromatic carbocycles. The summed E-state index contributed by atoms with van der Waals surface area (Å²) in [6.45, 7) is 9.85. The molecule has 0 spiro atoms. The minimum atomic E-state index is -5.08. The number of carboxylic acids is 1. The molecule has 4 rings (SSSR count). The molecule has 9 heteroatoms. The zero-order valence-electron chi connectivity index (χ0n) is 22.2. The SMILES string of the molecule is CC(CC(=O)OCOc1ccc2c(c1)[C@]13CCCC[C@@H]1[C@@H](C2)NCC3)CC(C)(C)C.O=C(O)C(F)(F)F. The van der Waals surface area contributed by atoms with Crippen molar-refractivity contribution in [1.29, 1.82) is 0 Å². The topological polar surface area (TPSA) is 84.9 Å². The molecule has 1 saturated heterocycles. The average molecular weight is 528 g/mol. The van der Waals surface area contributed by atoms with Crippen molar-refractivity contribution >= 4 is 11.9 Å². The number of ether oxygens (including phenoxy) is 2. The highest BCUT2D eigenvalue weighted by Crippen LogP contribution is 2.54. The van der Waals surface area contributed by atoms with E-state index in [1.54, 1.807) is 0 Å².